The Bertz CT molecular complexity index is 565. The van der Waals surface area contributed by atoms with Crippen LogP contribution in [-0.4, -0.2) is 7.05 Å². The zero-order chi connectivity index (χ0) is 13.3. The van der Waals surface area contributed by atoms with Crippen molar-refractivity contribution in [2.45, 2.75) is 13.0 Å². The second-order valence-corrected chi connectivity index (χ2v) is 8.61. The Morgan fingerprint density at radius 3 is 2.39 bits per heavy atom. The molecule has 0 saturated heterocycles. The lowest BCUT2D eigenvalue weighted by Crippen LogP contribution is -2.17. The molecule has 0 radical (unpaired) electrons. The van der Waals surface area contributed by atoms with E-state index >= 15 is 0 Å². The highest BCUT2D eigenvalue weighted by atomic mass is 79.9. The van der Waals surface area contributed by atoms with Gasteiger partial charge in [-0.05, 0) is 74.7 Å². The van der Waals surface area contributed by atoms with Gasteiger partial charge in [0.05, 0.1) is 13.6 Å². The minimum atomic E-state index is 0.203. The average Bonchev–Trinajstić information content (AvgIpc) is 2.64. The van der Waals surface area contributed by atoms with Crippen LogP contribution in [0.5, 0.6) is 0 Å². The zero-order valence-electron chi connectivity index (χ0n) is 9.93. The topological polar surface area (TPSA) is 12.0 Å². The van der Waals surface area contributed by atoms with E-state index in [4.69, 9.17) is 0 Å². The van der Waals surface area contributed by atoms with Crippen LogP contribution < -0.4 is 5.32 Å². The van der Waals surface area contributed by atoms with Crippen molar-refractivity contribution in [3.8, 4) is 0 Å². The molecule has 0 aliphatic heterocycles. The fourth-order valence-corrected chi connectivity index (χ4v) is 5.05. The van der Waals surface area contributed by atoms with Crippen molar-refractivity contribution in [2.75, 3.05) is 7.05 Å². The number of aryl methyl sites for hydroxylation is 1. The third-order valence-electron chi connectivity index (χ3n) is 2.80. The Hall–Kier alpha value is 0.320. The molecule has 5 heteroatoms. The molecule has 1 nitrogen and oxygen atoms in total. The molecule has 1 N–H and O–H groups in total. The number of hydrogen-bond donors (Lipinski definition) is 1. The summed E-state index contributed by atoms with van der Waals surface area (Å²) >= 11 is 12.4. The van der Waals surface area contributed by atoms with Gasteiger partial charge in [0.25, 0.3) is 0 Å². The summed E-state index contributed by atoms with van der Waals surface area (Å²) < 4.78 is 3.44. The highest BCUT2D eigenvalue weighted by molar-refractivity contribution is 9.12. The Morgan fingerprint density at radius 1 is 1.17 bits per heavy atom. The van der Waals surface area contributed by atoms with Crippen LogP contribution in [0.4, 0.5) is 0 Å². The van der Waals surface area contributed by atoms with Crippen LogP contribution in [0.1, 0.15) is 22.7 Å². The number of hydrogen-bond acceptors (Lipinski definition) is 2. The maximum Gasteiger partial charge on any atom is 0.0761 e. The summed E-state index contributed by atoms with van der Waals surface area (Å²) in [5.41, 5.74) is 3.78. The van der Waals surface area contributed by atoms with Gasteiger partial charge in [0.15, 0.2) is 0 Å². The maximum absolute atomic E-state index is 3.63. The van der Waals surface area contributed by atoms with Gasteiger partial charge in [-0.15, -0.1) is 11.3 Å². The van der Waals surface area contributed by atoms with Crippen LogP contribution in [0, 0.1) is 6.92 Å². The van der Waals surface area contributed by atoms with Crippen molar-refractivity contribution in [1.29, 1.82) is 0 Å². The minimum Gasteiger partial charge on any atom is -0.309 e. The molecule has 0 saturated carbocycles. The van der Waals surface area contributed by atoms with Gasteiger partial charge in [-0.2, -0.15) is 0 Å². The maximum atomic E-state index is 3.63. The van der Waals surface area contributed by atoms with Crippen molar-refractivity contribution in [2.24, 2.45) is 0 Å². The van der Waals surface area contributed by atoms with Crippen LogP contribution in [0.25, 0.3) is 0 Å². The predicted molar refractivity (Wildman–Crippen MR) is 89.5 cm³/mol. The molecule has 96 valence electrons. The standard InChI is InChI=1S/C13H12Br3NS/c1-7-5-8(3-4-10(7)14)12(17-2)9-6-11(15)18-13(9)16/h3-6,12,17H,1-2H3. The molecule has 0 fully saturated rings. The molecule has 0 bridgehead atoms. The molecular weight excluding hydrogens is 442 g/mol. The molecule has 2 aromatic rings. The third-order valence-corrected chi connectivity index (χ3v) is 6.07. The molecule has 2 rings (SSSR count). The van der Waals surface area contributed by atoms with Crippen molar-refractivity contribution in [1.82, 2.24) is 5.32 Å². The summed E-state index contributed by atoms with van der Waals surface area (Å²) in [5, 5.41) is 3.38. The summed E-state index contributed by atoms with van der Waals surface area (Å²) in [5.74, 6) is 0. The SMILES string of the molecule is CNC(c1ccc(Br)c(C)c1)c1cc(Br)sc1Br. The van der Waals surface area contributed by atoms with Crippen LogP contribution >= 0.6 is 59.1 Å². The van der Waals surface area contributed by atoms with E-state index in [1.165, 1.54) is 16.7 Å². The summed E-state index contributed by atoms with van der Waals surface area (Å²) in [6.45, 7) is 2.11. The quantitative estimate of drug-likeness (QED) is 0.633. The number of halogens is 3. The van der Waals surface area contributed by atoms with Gasteiger partial charge < -0.3 is 5.32 Å². The molecule has 0 aliphatic rings. The van der Waals surface area contributed by atoms with E-state index in [1.807, 2.05) is 7.05 Å². The van der Waals surface area contributed by atoms with Crippen LogP contribution in [0.2, 0.25) is 0 Å². The Kier molecular flexibility index (Phi) is 5.06. The van der Waals surface area contributed by atoms with Gasteiger partial charge in [0.2, 0.25) is 0 Å². The van der Waals surface area contributed by atoms with E-state index in [1.54, 1.807) is 11.3 Å². The zero-order valence-corrected chi connectivity index (χ0v) is 15.5. The molecule has 0 amide bonds. The lowest BCUT2D eigenvalue weighted by Gasteiger charge is -2.17. The molecule has 18 heavy (non-hydrogen) atoms. The Morgan fingerprint density at radius 2 is 1.89 bits per heavy atom. The second kappa shape index (κ2) is 6.18. The molecule has 1 heterocycles. The first-order valence-corrected chi connectivity index (χ1v) is 8.60. The van der Waals surface area contributed by atoms with Crippen molar-refractivity contribution in [3.05, 3.63) is 53.0 Å². The third kappa shape index (κ3) is 3.07. The number of thiophene rings is 1. The average molecular weight is 454 g/mol. The van der Waals surface area contributed by atoms with E-state index in [2.05, 4.69) is 84.3 Å². The molecule has 1 unspecified atom stereocenters. The van der Waals surface area contributed by atoms with Crippen LogP contribution in [0.15, 0.2) is 36.3 Å². The van der Waals surface area contributed by atoms with Crippen LogP contribution in [-0.2, 0) is 0 Å². The van der Waals surface area contributed by atoms with E-state index in [0.29, 0.717) is 0 Å². The van der Waals surface area contributed by atoms with Gasteiger partial charge in [0, 0.05) is 4.47 Å². The molecule has 0 aliphatic carbocycles. The lowest BCUT2D eigenvalue weighted by molar-refractivity contribution is 0.691. The molecular formula is C13H12Br3NS. The second-order valence-electron chi connectivity index (χ2n) is 4.01. The van der Waals surface area contributed by atoms with E-state index in [0.717, 1.165) is 12.0 Å². The lowest BCUT2D eigenvalue weighted by atomic mass is 10.00. The minimum absolute atomic E-state index is 0.203. The van der Waals surface area contributed by atoms with Gasteiger partial charge in [-0.25, -0.2) is 0 Å². The van der Waals surface area contributed by atoms with E-state index < -0.39 is 0 Å². The summed E-state index contributed by atoms with van der Waals surface area (Å²) in [4.78, 5) is 0. The number of nitrogens with one attached hydrogen (secondary N) is 1. The van der Waals surface area contributed by atoms with Crippen molar-refractivity contribution >= 4 is 59.1 Å². The monoisotopic (exact) mass is 451 g/mol. The Balaban J connectivity index is 2.45. The van der Waals surface area contributed by atoms with Gasteiger partial charge >= 0.3 is 0 Å². The molecule has 0 spiro atoms. The van der Waals surface area contributed by atoms with E-state index in [-0.39, 0.29) is 6.04 Å². The first-order valence-electron chi connectivity index (χ1n) is 5.41. The van der Waals surface area contributed by atoms with Gasteiger partial charge in [-0.3, -0.25) is 0 Å². The highest BCUT2D eigenvalue weighted by Crippen LogP contribution is 2.38. The fraction of sp³-hybridized carbons (Fsp3) is 0.231. The van der Waals surface area contributed by atoms with Crippen molar-refractivity contribution < 1.29 is 0 Å². The Labute approximate surface area is 136 Å². The highest BCUT2D eigenvalue weighted by Gasteiger charge is 2.18. The summed E-state index contributed by atoms with van der Waals surface area (Å²) in [6.07, 6.45) is 0. The summed E-state index contributed by atoms with van der Waals surface area (Å²) in [6, 6.07) is 8.82. The van der Waals surface area contributed by atoms with Gasteiger partial charge in [0.1, 0.15) is 0 Å². The van der Waals surface area contributed by atoms with Crippen LogP contribution in [0.3, 0.4) is 0 Å². The first-order chi connectivity index (χ1) is 8.52. The fourth-order valence-electron chi connectivity index (χ4n) is 1.90. The smallest absolute Gasteiger partial charge is 0.0761 e. The largest absolute Gasteiger partial charge is 0.309 e. The number of benzene rings is 1. The predicted octanol–water partition coefficient (Wildman–Crippen LogP) is 5.65. The molecule has 1 aromatic heterocycles. The molecule has 1 aromatic carbocycles. The summed E-state index contributed by atoms with van der Waals surface area (Å²) in [7, 11) is 1.99. The van der Waals surface area contributed by atoms with E-state index in [9.17, 15) is 0 Å². The number of rotatable bonds is 3. The first kappa shape index (κ1) is 14.7. The van der Waals surface area contributed by atoms with Crippen molar-refractivity contribution in [3.63, 3.8) is 0 Å². The van der Waals surface area contributed by atoms with Gasteiger partial charge in [-0.1, -0.05) is 28.1 Å². The molecule has 1 atom stereocenters. The normalized spacial score (nSPS) is 12.7.